The van der Waals surface area contributed by atoms with Gasteiger partial charge in [0.05, 0.1) is 0 Å². The van der Waals surface area contributed by atoms with E-state index in [0.717, 1.165) is 17.8 Å². The third kappa shape index (κ3) is 3.20. The summed E-state index contributed by atoms with van der Waals surface area (Å²) in [5.41, 5.74) is 0. The average Bonchev–Trinajstić information content (AvgIpc) is 2.80. The molecule has 104 valence electrons. The summed E-state index contributed by atoms with van der Waals surface area (Å²) in [5.74, 6) is 2.91. The monoisotopic (exact) mass is 308 g/mol. The van der Waals surface area contributed by atoms with Crippen LogP contribution in [0.5, 0.6) is 0 Å². The number of rotatable bonds is 5. The third-order valence-corrected chi connectivity index (χ3v) is 5.15. The van der Waals surface area contributed by atoms with Crippen LogP contribution in [-0.2, 0) is 0 Å². The van der Waals surface area contributed by atoms with Gasteiger partial charge < -0.3 is 10.6 Å². The SMILES string of the molecule is CCC(NCC1[C@H]2CNC[C@@H]12)c1cccs1.Cl.Cl. The second kappa shape index (κ2) is 7.11. The molecule has 0 amide bonds. The molecule has 1 aromatic heterocycles. The van der Waals surface area contributed by atoms with Crippen molar-refractivity contribution in [1.82, 2.24) is 10.6 Å². The van der Waals surface area contributed by atoms with Crippen molar-refractivity contribution in [3.63, 3.8) is 0 Å². The van der Waals surface area contributed by atoms with Crippen molar-refractivity contribution in [2.45, 2.75) is 19.4 Å². The number of thiophene rings is 1. The average molecular weight is 309 g/mol. The first-order chi connectivity index (χ1) is 7.90. The Morgan fingerprint density at radius 2 is 2.11 bits per heavy atom. The van der Waals surface area contributed by atoms with E-state index in [0.29, 0.717) is 6.04 Å². The maximum atomic E-state index is 3.74. The van der Waals surface area contributed by atoms with E-state index in [1.54, 1.807) is 0 Å². The van der Waals surface area contributed by atoms with Gasteiger partial charge in [0.15, 0.2) is 0 Å². The summed E-state index contributed by atoms with van der Waals surface area (Å²) >= 11 is 1.87. The molecule has 0 spiro atoms. The lowest BCUT2D eigenvalue weighted by molar-refractivity contribution is 0.471. The molecule has 2 nitrogen and oxygen atoms in total. The van der Waals surface area contributed by atoms with Crippen molar-refractivity contribution < 1.29 is 0 Å². The molecular weight excluding hydrogens is 287 g/mol. The molecule has 5 heteroatoms. The Labute approximate surface area is 126 Å². The molecule has 1 aliphatic heterocycles. The largest absolute Gasteiger partial charge is 0.316 e. The van der Waals surface area contributed by atoms with Crippen LogP contribution in [0.1, 0.15) is 24.3 Å². The van der Waals surface area contributed by atoms with Gasteiger partial charge in [-0.15, -0.1) is 36.2 Å². The van der Waals surface area contributed by atoms with Gasteiger partial charge in [-0.1, -0.05) is 13.0 Å². The maximum absolute atomic E-state index is 3.74. The summed E-state index contributed by atoms with van der Waals surface area (Å²) in [6, 6.07) is 4.98. The molecule has 2 unspecified atom stereocenters. The van der Waals surface area contributed by atoms with Crippen molar-refractivity contribution in [2.24, 2.45) is 17.8 Å². The highest BCUT2D eigenvalue weighted by Crippen LogP contribution is 2.48. The van der Waals surface area contributed by atoms with Crippen LogP contribution in [0.4, 0.5) is 0 Å². The van der Waals surface area contributed by atoms with Gasteiger partial charge in [0.1, 0.15) is 0 Å². The fraction of sp³-hybridized carbons (Fsp3) is 0.692. The lowest BCUT2D eigenvalue weighted by atomic mass is 10.1. The summed E-state index contributed by atoms with van der Waals surface area (Å²) in [6.07, 6.45) is 1.20. The van der Waals surface area contributed by atoms with Crippen LogP contribution < -0.4 is 10.6 Å². The molecule has 0 radical (unpaired) electrons. The quantitative estimate of drug-likeness (QED) is 0.873. The second-order valence-electron chi connectivity index (χ2n) is 5.03. The molecule has 0 aromatic carbocycles. The lowest BCUT2D eigenvalue weighted by Gasteiger charge is -2.16. The van der Waals surface area contributed by atoms with E-state index < -0.39 is 0 Å². The van der Waals surface area contributed by atoms with Crippen LogP contribution >= 0.6 is 36.2 Å². The number of hydrogen-bond donors (Lipinski definition) is 2. The highest BCUT2D eigenvalue weighted by Gasteiger charge is 2.52. The Morgan fingerprint density at radius 3 is 2.67 bits per heavy atom. The maximum Gasteiger partial charge on any atom is 0.0412 e. The van der Waals surface area contributed by atoms with Gasteiger partial charge in [0, 0.05) is 10.9 Å². The van der Waals surface area contributed by atoms with Crippen LogP contribution in [0.3, 0.4) is 0 Å². The minimum atomic E-state index is 0. The molecule has 1 saturated heterocycles. The Hall–Kier alpha value is 0.200. The van der Waals surface area contributed by atoms with Crippen LogP contribution in [0.2, 0.25) is 0 Å². The zero-order valence-electron chi connectivity index (χ0n) is 10.6. The predicted octanol–water partition coefficient (Wildman–Crippen LogP) is 3.10. The van der Waals surface area contributed by atoms with E-state index in [1.165, 1.54) is 30.9 Å². The molecule has 1 aliphatic carbocycles. The Bertz CT molecular complexity index is 335. The van der Waals surface area contributed by atoms with Crippen molar-refractivity contribution in [2.75, 3.05) is 19.6 Å². The standard InChI is InChI=1S/C13H20N2S.2ClH/c1-2-12(13-4-3-5-16-13)15-8-11-9-6-14-7-10(9)11;;/h3-5,9-12,14-15H,2,6-8H2,1H3;2*1H/t9-,10+,11?,12?;;. The molecule has 2 fully saturated rings. The van der Waals surface area contributed by atoms with Crippen molar-refractivity contribution in [3.8, 4) is 0 Å². The molecule has 2 N–H and O–H groups in total. The van der Waals surface area contributed by atoms with Crippen LogP contribution in [0.25, 0.3) is 0 Å². The van der Waals surface area contributed by atoms with E-state index in [-0.39, 0.29) is 24.8 Å². The summed E-state index contributed by atoms with van der Waals surface area (Å²) in [4.78, 5) is 1.49. The minimum Gasteiger partial charge on any atom is -0.316 e. The van der Waals surface area contributed by atoms with Gasteiger partial charge >= 0.3 is 0 Å². The lowest BCUT2D eigenvalue weighted by Crippen LogP contribution is -2.26. The zero-order chi connectivity index (χ0) is 11.0. The topological polar surface area (TPSA) is 24.1 Å². The molecule has 2 heterocycles. The Morgan fingerprint density at radius 1 is 1.39 bits per heavy atom. The fourth-order valence-corrected chi connectivity index (χ4v) is 3.95. The first kappa shape index (κ1) is 16.3. The molecule has 1 saturated carbocycles. The molecule has 4 atom stereocenters. The highest BCUT2D eigenvalue weighted by atomic mass is 35.5. The van der Waals surface area contributed by atoms with Gasteiger partial charge in [-0.05, 0) is 55.3 Å². The van der Waals surface area contributed by atoms with Crippen LogP contribution in [0.15, 0.2) is 17.5 Å². The Kier molecular flexibility index (Phi) is 6.42. The first-order valence-corrected chi connectivity index (χ1v) is 7.25. The second-order valence-corrected chi connectivity index (χ2v) is 6.01. The van der Waals surface area contributed by atoms with Crippen molar-refractivity contribution in [1.29, 1.82) is 0 Å². The molecule has 3 rings (SSSR count). The number of hydrogen-bond acceptors (Lipinski definition) is 3. The normalized spacial score (nSPS) is 29.9. The van der Waals surface area contributed by atoms with E-state index in [2.05, 4.69) is 35.1 Å². The third-order valence-electron chi connectivity index (χ3n) is 4.16. The van der Waals surface area contributed by atoms with Gasteiger partial charge in [-0.3, -0.25) is 0 Å². The summed E-state index contributed by atoms with van der Waals surface area (Å²) in [6.45, 7) is 6.00. The number of halogens is 2. The first-order valence-electron chi connectivity index (χ1n) is 6.37. The van der Waals surface area contributed by atoms with Gasteiger partial charge in [0.2, 0.25) is 0 Å². The smallest absolute Gasteiger partial charge is 0.0412 e. The molecule has 2 aliphatic rings. The molecule has 0 bridgehead atoms. The van der Waals surface area contributed by atoms with Crippen LogP contribution in [-0.4, -0.2) is 19.6 Å². The number of fused-ring (bicyclic) bond motifs is 1. The van der Waals surface area contributed by atoms with E-state index >= 15 is 0 Å². The van der Waals surface area contributed by atoms with Gasteiger partial charge in [-0.25, -0.2) is 0 Å². The van der Waals surface area contributed by atoms with E-state index in [4.69, 9.17) is 0 Å². The summed E-state index contributed by atoms with van der Waals surface area (Å²) in [7, 11) is 0. The number of piperidine rings is 1. The van der Waals surface area contributed by atoms with E-state index in [1.807, 2.05) is 11.3 Å². The molecular formula is C13H22Cl2N2S. The molecule has 1 aromatic rings. The summed E-state index contributed by atoms with van der Waals surface area (Å²) in [5, 5.41) is 9.38. The van der Waals surface area contributed by atoms with Crippen molar-refractivity contribution >= 4 is 36.2 Å². The zero-order valence-corrected chi connectivity index (χ0v) is 13.0. The van der Waals surface area contributed by atoms with Crippen molar-refractivity contribution in [3.05, 3.63) is 22.4 Å². The predicted molar refractivity (Wildman–Crippen MR) is 83.2 cm³/mol. The number of nitrogens with one attached hydrogen (secondary N) is 2. The Balaban J connectivity index is 0.000000810. The fourth-order valence-electron chi connectivity index (χ4n) is 3.06. The minimum absolute atomic E-state index is 0. The molecule has 18 heavy (non-hydrogen) atoms. The summed E-state index contributed by atoms with van der Waals surface area (Å²) < 4.78 is 0. The van der Waals surface area contributed by atoms with Gasteiger partial charge in [-0.2, -0.15) is 0 Å². The van der Waals surface area contributed by atoms with Crippen LogP contribution in [0, 0.1) is 17.8 Å². The van der Waals surface area contributed by atoms with E-state index in [9.17, 15) is 0 Å². The van der Waals surface area contributed by atoms with Gasteiger partial charge in [0.25, 0.3) is 0 Å². The highest BCUT2D eigenvalue weighted by molar-refractivity contribution is 7.10.